The minimum absolute atomic E-state index is 0.0493. The number of carbonyl (C=O) groups excluding carboxylic acids is 2. The highest BCUT2D eigenvalue weighted by Gasteiger charge is 2.43. The molecule has 0 N–H and O–H groups in total. The molecule has 2 amide bonds. The highest BCUT2D eigenvalue weighted by atomic mass is 127. The van der Waals surface area contributed by atoms with E-state index in [4.69, 9.17) is 9.47 Å². The zero-order valence-corrected chi connectivity index (χ0v) is 25.7. The van der Waals surface area contributed by atoms with E-state index in [2.05, 4.69) is 0 Å². The quantitative estimate of drug-likeness (QED) is 0.164. The van der Waals surface area contributed by atoms with E-state index in [9.17, 15) is 35.9 Å². The molecule has 6 nitrogen and oxygen atoms in total. The van der Waals surface area contributed by atoms with Crippen molar-refractivity contribution in [1.29, 1.82) is 0 Å². The third-order valence-electron chi connectivity index (χ3n) is 7.05. The average Bonchev–Trinajstić information content (AvgIpc) is 2.89. The molecule has 2 aromatic rings. The maximum absolute atomic E-state index is 13.5. The summed E-state index contributed by atoms with van der Waals surface area (Å²) in [6.07, 6.45) is -10.2. The summed E-state index contributed by atoms with van der Waals surface area (Å²) < 4.78 is 90.9. The number of amides is 2. The highest BCUT2D eigenvalue weighted by molar-refractivity contribution is 14.1. The van der Waals surface area contributed by atoms with Crippen molar-refractivity contribution < 1.29 is 45.4 Å². The van der Waals surface area contributed by atoms with Crippen LogP contribution >= 0.6 is 22.6 Å². The number of piperidine rings is 1. The van der Waals surface area contributed by atoms with Crippen molar-refractivity contribution in [2.45, 2.75) is 87.1 Å². The third kappa shape index (κ3) is 8.90. The van der Waals surface area contributed by atoms with Crippen LogP contribution in [0.15, 0.2) is 48.5 Å². The molecule has 0 radical (unpaired) electrons. The van der Waals surface area contributed by atoms with Gasteiger partial charge in [0.15, 0.2) is 3.61 Å². The number of hydrogen-bond donors (Lipinski definition) is 0. The number of halogens is 7. The Balaban J connectivity index is 2.03. The van der Waals surface area contributed by atoms with Crippen LogP contribution < -0.4 is 0 Å². The van der Waals surface area contributed by atoms with Gasteiger partial charge in [0, 0.05) is 24.7 Å². The molecule has 232 valence electrons. The highest BCUT2D eigenvalue weighted by Crippen LogP contribution is 2.38. The fourth-order valence-corrected chi connectivity index (χ4v) is 5.45. The lowest BCUT2D eigenvalue weighted by Gasteiger charge is -2.47. The van der Waals surface area contributed by atoms with Gasteiger partial charge in [0.05, 0.1) is 18.2 Å². The van der Waals surface area contributed by atoms with Crippen LogP contribution in [0.4, 0.5) is 35.9 Å². The molecule has 0 spiro atoms. The second kappa shape index (κ2) is 13.3. The van der Waals surface area contributed by atoms with Crippen molar-refractivity contribution in [3.63, 3.8) is 0 Å². The van der Waals surface area contributed by atoms with Crippen molar-refractivity contribution in [1.82, 2.24) is 9.80 Å². The summed E-state index contributed by atoms with van der Waals surface area (Å²) in [4.78, 5) is 29.2. The largest absolute Gasteiger partial charge is 0.453 e. The van der Waals surface area contributed by atoms with E-state index in [1.165, 1.54) is 0 Å². The summed E-state index contributed by atoms with van der Waals surface area (Å²) in [6, 6.07) is 9.00. The first-order valence-electron chi connectivity index (χ1n) is 13.3. The predicted molar refractivity (Wildman–Crippen MR) is 152 cm³/mol. The zero-order valence-electron chi connectivity index (χ0n) is 23.6. The number of likely N-dealkylation sites (tertiary alicyclic amines) is 1. The van der Waals surface area contributed by atoms with Crippen LogP contribution in [0.1, 0.15) is 62.3 Å². The van der Waals surface area contributed by atoms with Crippen molar-refractivity contribution >= 4 is 34.8 Å². The predicted octanol–water partition coefficient (Wildman–Crippen LogP) is 8.45. The Bertz CT molecular complexity index is 1200. The SMILES string of the molecule is CC[C@@H]1C[C@H](N(Cc2cc(C(F)(F)F)cc(C(F)(F)F)c2)C(=O)OC)CC(Cc2ccccc2)N1C(=O)OC(C)(C)I. The first-order chi connectivity index (χ1) is 19.4. The van der Waals surface area contributed by atoms with Crippen LogP contribution in [0.25, 0.3) is 0 Å². The molecule has 0 aliphatic carbocycles. The summed E-state index contributed by atoms with van der Waals surface area (Å²) in [7, 11) is 1.09. The van der Waals surface area contributed by atoms with Gasteiger partial charge in [-0.3, -0.25) is 0 Å². The Labute approximate surface area is 254 Å². The number of alkyl halides is 7. The molecule has 1 fully saturated rings. The van der Waals surface area contributed by atoms with E-state index in [0.717, 1.165) is 17.6 Å². The lowest BCUT2D eigenvalue weighted by molar-refractivity contribution is -0.143. The van der Waals surface area contributed by atoms with Gasteiger partial charge in [-0.1, -0.05) is 37.3 Å². The van der Waals surface area contributed by atoms with Gasteiger partial charge in [0.1, 0.15) is 0 Å². The van der Waals surface area contributed by atoms with Gasteiger partial charge >= 0.3 is 24.5 Å². The lowest BCUT2D eigenvalue weighted by atomic mass is 9.86. The van der Waals surface area contributed by atoms with E-state index >= 15 is 0 Å². The third-order valence-corrected chi connectivity index (χ3v) is 7.27. The first kappa shape index (κ1) is 33.8. The van der Waals surface area contributed by atoms with Crippen molar-refractivity contribution in [3.05, 3.63) is 70.8 Å². The van der Waals surface area contributed by atoms with Gasteiger partial charge in [0.25, 0.3) is 0 Å². The number of ether oxygens (including phenoxy) is 2. The summed E-state index contributed by atoms with van der Waals surface area (Å²) in [5.41, 5.74) is -2.38. The molecule has 42 heavy (non-hydrogen) atoms. The molecular formula is C29H33F6IN2O4. The average molecular weight is 714 g/mol. The van der Waals surface area contributed by atoms with Gasteiger partial charge in [-0.2, -0.15) is 26.3 Å². The van der Waals surface area contributed by atoms with Gasteiger partial charge in [-0.15, -0.1) is 0 Å². The Morgan fingerprint density at radius 2 is 1.48 bits per heavy atom. The Hall–Kier alpha value is -2.71. The Morgan fingerprint density at radius 1 is 0.929 bits per heavy atom. The number of benzene rings is 2. The number of nitrogens with zero attached hydrogens (tertiary/aromatic N) is 2. The molecule has 1 aliphatic heterocycles. The monoisotopic (exact) mass is 714 g/mol. The molecule has 1 aliphatic rings. The van der Waals surface area contributed by atoms with Crippen molar-refractivity contribution in [2.24, 2.45) is 0 Å². The minimum Gasteiger partial charge on any atom is -0.453 e. The molecule has 13 heteroatoms. The number of carbonyl (C=O) groups is 2. The van der Waals surface area contributed by atoms with Gasteiger partial charge in [0.2, 0.25) is 0 Å². The van der Waals surface area contributed by atoms with E-state index in [-0.39, 0.29) is 24.5 Å². The number of rotatable bonds is 7. The second-order valence-electron chi connectivity index (χ2n) is 10.7. The second-order valence-corrected chi connectivity index (χ2v) is 13.3. The van der Waals surface area contributed by atoms with Crippen LogP contribution in [0.3, 0.4) is 0 Å². The molecule has 0 bridgehead atoms. The van der Waals surface area contributed by atoms with Crippen LogP contribution in [0, 0.1) is 0 Å². The summed E-state index contributed by atoms with van der Waals surface area (Å²) in [6.45, 7) is 4.76. The molecule has 3 atom stereocenters. The van der Waals surface area contributed by atoms with E-state index in [1.807, 2.05) is 59.8 Å². The van der Waals surface area contributed by atoms with Gasteiger partial charge in [-0.05, 0) is 91.4 Å². The summed E-state index contributed by atoms with van der Waals surface area (Å²) in [5, 5.41) is 0. The Morgan fingerprint density at radius 3 is 1.95 bits per heavy atom. The molecule has 0 saturated carbocycles. The zero-order chi connectivity index (χ0) is 31.5. The van der Waals surface area contributed by atoms with Gasteiger partial charge < -0.3 is 19.3 Å². The molecule has 1 saturated heterocycles. The van der Waals surface area contributed by atoms with Crippen LogP contribution in [-0.2, 0) is 34.8 Å². The minimum atomic E-state index is -5.03. The maximum atomic E-state index is 13.5. The van der Waals surface area contributed by atoms with Gasteiger partial charge in [-0.25, -0.2) is 9.59 Å². The fraction of sp³-hybridized carbons (Fsp3) is 0.517. The smallest absolute Gasteiger partial charge is 0.416 e. The van der Waals surface area contributed by atoms with Crippen molar-refractivity contribution in [2.75, 3.05) is 7.11 Å². The van der Waals surface area contributed by atoms with Crippen LogP contribution in [-0.4, -0.2) is 50.8 Å². The lowest BCUT2D eigenvalue weighted by Crippen LogP contribution is -2.58. The molecule has 2 aromatic carbocycles. The number of methoxy groups -OCH3 is 1. The maximum Gasteiger partial charge on any atom is 0.416 e. The molecule has 0 aromatic heterocycles. The van der Waals surface area contributed by atoms with E-state index in [1.54, 1.807) is 18.7 Å². The van der Waals surface area contributed by atoms with Crippen molar-refractivity contribution in [3.8, 4) is 0 Å². The number of hydrogen-bond acceptors (Lipinski definition) is 4. The topological polar surface area (TPSA) is 59.1 Å². The first-order valence-corrected chi connectivity index (χ1v) is 14.4. The molecule has 1 unspecified atom stereocenters. The molecule has 1 heterocycles. The standard InChI is InChI=1S/C29H33F6IN2O4/c1-5-22-15-23(16-24(13-18-9-7-6-8-10-18)38(22)26(40)42-27(2,3)36)37(25(39)41-4)17-19-11-20(28(30,31)32)14-21(12-19)29(33,34)35/h6-12,14,22-24H,5,13,15-17H2,1-4H3/t22-,23+,24?/m1/s1. The van der Waals surface area contributed by atoms with E-state index < -0.39 is 63.9 Å². The summed E-state index contributed by atoms with van der Waals surface area (Å²) in [5.74, 6) is 0. The summed E-state index contributed by atoms with van der Waals surface area (Å²) >= 11 is 2.00. The fourth-order valence-electron chi connectivity index (χ4n) is 5.26. The normalized spacial score (nSPS) is 19.8. The van der Waals surface area contributed by atoms with Crippen LogP contribution in [0.5, 0.6) is 0 Å². The van der Waals surface area contributed by atoms with E-state index in [0.29, 0.717) is 25.0 Å². The molecule has 3 rings (SSSR count). The Kier molecular flexibility index (Phi) is 10.7. The van der Waals surface area contributed by atoms with Crippen LogP contribution in [0.2, 0.25) is 0 Å². The molecular weight excluding hydrogens is 681 g/mol.